The van der Waals surface area contributed by atoms with Crippen LogP contribution in [0.1, 0.15) is 25.7 Å². The van der Waals surface area contributed by atoms with Crippen LogP contribution in [0.25, 0.3) is 21.9 Å². The number of pyridine rings is 1. The van der Waals surface area contributed by atoms with E-state index in [0.717, 1.165) is 41.0 Å². The number of benzene rings is 2. The fraction of sp³-hybridized carbons (Fsp3) is 0.286. The lowest BCUT2D eigenvalue weighted by Crippen LogP contribution is -2.24. The van der Waals surface area contributed by atoms with Crippen molar-refractivity contribution in [3.8, 4) is 11.1 Å². The minimum atomic E-state index is -0.0616. The van der Waals surface area contributed by atoms with E-state index in [1.54, 1.807) is 6.20 Å². The fourth-order valence-corrected chi connectivity index (χ4v) is 3.77. The zero-order chi connectivity index (χ0) is 17.2. The number of aromatic amines is 1. The van der Waals surface area contributed by atoms with E-state index in [1.807, 2.05) is 30.3 Å². The number of fused-ring (bicyclic) bond motifs is 1. The maximum atomic E-state index is 12.0. The average Bonchev–Trinajstić information content (AvgIpc) is 2.91. The molecule has 0 spiro atoms. The molecule has 0 radical (unpaired) electrons. The first kappa shape index (κ1) is 15.8. The average molecular weight is 333 g/mol. The van der Waals surface area contributed by atoms with Gasteiger partial charge in [-0.2, -0.15) is 0 Å². The molecule has 0 saturated carbocycles. The molecule has 3 N–H and O–H groups in total. The van der Waals surface area contributed by atoms with Gasteiger partial charge < -0.3 is 15.6 Å². The van der Waals surface area contributed by atoms with Gasteiger partial charge in [0.2, 0.25) is 0 Å². The lowest BCUT2D eigenvalue weighted by Gasteiger charge is -2.24. The van der Waals surface area contributed by atoms with Gasteiger partial charge in [0, 0.05) is 30.2 Å². The van der Waals surface area contributed by atoms with Crippen molar-refractivity contribution in [3.63, 3.8) is 0 Å². The van der Waals surface area contributed by atoms with E-state index >= 15 is 0 Å². The van der Waals surface area contributed by atoms with E-state index in [2.05, 4.69) is 22.0 Å². The van der Waals surface area contributed by atoms with Crippen LogP contribution < -0.4 is 16.2 Å². The Morgan fingerprint density at radius 3 is 2.36 bits per heavy atom. The molecule has 1 aliphatic heterocycles. The normalized spacial score (nSPS) is 15.3. The largest absolute Gasteiger partial charge is 0.397 e. The van der Waals surface area contributed by atoms with Gasteiger partial charge in [0.15, 0.2) is 0 Å². The molecule has 0 atom stereocenters. The Bertz CT molecular complexity index is 953. The summed E-state index contributed by atoms with van der Waals surface area (Å²) in [5.74, 6) is 0. The molecule has 25 heavy (non-hydrogen) atoms. The van der Waals surface area contributed by atoms with Gasteiger partial charge in [0.1, 0.15) is 0 Å². The third-order valence-electron chi connectivity index (χ3n) is 5.09. The zero-order valence-corrected chi connectivity index (χ0v) is 14.3. The molecule has 1 fully saturated rings. The topological polar surface area (TPSA) is 62.1 Å². The van der Waals surface area contributed by atoms with Gasteiger partial charge in [-0.05, 0) is 42.0 Å². The number of H-pyrrole nitrogens is 1. The number of anilines is 2. The molecule has 4 nitrogen and oxygen atoms in total. The summed E-state index contributed by atoms with van der Waals surface area (Å²) in [5, 5.41) is 1.66. The van der Waals surface area contributed by atoms with Crippen LogP contribution in [0.15, 0.2) is 53.5 Å². The van der Waals surface area contributed by atoms with E-state index in [9.17, 15) is 4.79 Å². The second kappa shape index (κ2) is 6.63. The third-order valence-corrected chi connectivity index (χ3v) is 5.09. The summed E-state index contributed by atoms with van der Waals surface area (Å²) in [6.45, 7) is 2.15. The van der Waals surface area contributed by atoms with Crippen LogP contribution in [0.2, 0.25) is 0 Å². The monoisotopic (exact) mass is 333 g/mol. The molecule has 128 valence electrons. The van der Waals surface area contributed by atoms with E-state index in [4.69, 9.17) is 5.73 Å². The number of aromatic nitrogens is 1. The predicted octanol–water partition coefficient (Wildman–Crippen LogP) is 4.16. The van der Waals surface area contributed by atoms with Gasteiger partial charge in [-0.15, -0.1) is 0 Å². The van der Waals surface area contributed by atoms with E-state index < -0.39 is 0 Å². The molecule has 4 heteroatoms. The van der Waals surface area contributed by atoms with Gasteiger partial charge in [0.25, 0.3) is 5.56 Å². The number of hydrogen-bond acceptors (Lipinski definition) is 3. The summed E-state index contributed by atoms with van der Waals surface area (Å²) < 4.78 is 0. The fourth-order valence-electron chi connectivity index (χ4n) is 3.77. The molecule has 0 amide bonds. The Morgan fingerprint density at radius 1 is 0.920 bits per heavy atom. The molecule has 0 bridgehead atoms. The second-order valence-electron chi connectivity index (χ2n) is 6.75. The second-order valence-corrected chi connectivity index (χ2v) is 6.75. The summed E-state index contributed by atoms with van der Waals surface area (Å²) in [4.78, 5) is 17.3. The first-order chi connectivity index (χ1) is 12.2. The number of nitrogens with one attached hydrogen (secondary N) is 1. The maximum absolute atomic E-state index is 12.0. The summed E-state index contributed by atoms with van der Waals surface area (Å²) in [5.41, 5.74) is 10.3. The van der Waals surface area contributed by atoms with Gasteiger partial charge in [-0.3, -0.25) is 4.79 Å². The number of rotatable bonds is 2. The first-order valence-electron chi connectivity index (χ1n) is 8.99. The Balaban J connectivity index is 1.76. The molecule has 2 heterocycles. The molecule has 0 unspecified atom stereocenters. The Hall–Kier alpha value is -2.75. The van der Waals surface area contributed by atoms with Crippen LogP contribution in [-0.2, 0) is 0 Å². The zero-order valence-electron chi connectivity index (χ0n) is 14.3. The van der Waals surface area contributed by atoms with Crippen molar-refractivity contribution >= 4 is 22.1 Å². The van der Waals surface area contributed by atoms with Gasteiger partial charge >= 0.3 is 0 Å². The molecule has 3 aromatic rings. The molecular weight excluding hydrogens is 310 g/mol. The predicted molar refractivity (Wildman–Crippen MR) is 105 cm³/mol. The number of nitrogen functional groups attached to an aromatic ring is 1. The highest BCUT2D eigenvalue weighted by atomic mass is 16.1. The van der Waals surface area contributed by atoms with Crippen LogP contribution in [0, 0.1) is 0 Å². The van der Waals surface area contributed by atoms with Crippen molar-refractivity contribution in [2.75, 3.05) is 23.7 Å². The van der Waals surface area contributed by atoms with E-state index in [-0.39, 0.29) is 5.56 Å². The lowest BCUT2D eigenvalue weighted by molar-refractivity contribution is 0.726. The summed E-state index contributed by atoms with van der Waals surface area (Å²) in [7, 11) is 0. The minimum Gasteiger partial charge on any atom is -0.397 e. The van der Waals surface area contributed by atoms with Crippen molar-refractivity contribution in [1.29, 1.82) is 0 Å². The lowest BCUT2D eigenvalue weighted by atomic mass is 10.00. The van der Waals surface area contributed by atoms with Gasteiger partial charge in [0.05, 0.1) is 11.4 Å². The number of hydrogen-bond donors (Lipinski definition) is 2. The smallest absolute Gasteiger partial charge is 0.255 e. The van der Waals surface area contributed by atoms with Crippen molar-refractivity contribution in [2.24, 2.45) is 0 Å². The standard InChI is InChI=1S/C21H23N3O/c22-19-13-15(9-10-20(19)24-11-5-1-2-6-12-24)18-14-23-21(25)17-8-4-3-7-16(17)18/h3-4,7-10,13-14H,1-2,5-6,11-12,22H2,(H,23,25). The van der Waals surface area contributed by atoms with Crippen LogP contribution in [0.5, 0.6) is 0 Å². The van der Waals surface area contributed by atoms with Crippen LogP contribution >= 0.6 is 0 Å². The maximum Gasteiger partial charge on any atom is 0.255 e. The van der Waals surface area contributed by atoms with Crippen molar-refractivity contribution < 1.29 is 0 Å². The Labute approximate surface area is 147 Å². The summed E-state index contributed by atoms with van der Waals surface area (Å²) in [6, 6.07) is 13.9. The molecule has 4 rings (SSSR count). The Morgan fingerprint density at radius 2 is 1.64 bits per heavy atom. The number of nitrogens with zero attached hydrogens (tertiary/aromatic N) is 1. The van der Waals surface area contributed by atoms with Crippen molar-refractivity contribution in [3.05, 3.63) is 59.0 Å². The molecule has 1 saturated heterocycles. The molecule has 0 aliphatic carbocycles. The van der Waals surface area contributed by atoms with Crippen molar-refractivity contribution in [1.82, 2.24) is 4.98 Å². The van der Waals surface area contributed by atoms with Crippen LogP contribution in [0.3, 0.4) is 0 Å². The minimum absolute atomic E-state index is 0.0616. The van der Waals surface area contributed by atoms with E-state index in [0.29, 0.717) is 5.39 Å². The van der Waals surface area contributed by atoms with Gasteiger partial charge in [-0.25, -0.2) is 0 Å². The SMILES string of the molecule is Nc1cc(-c2c[nH]c(=O)c3ccccc23)ccc1N1CCCCCC1. The summed E-state index contributed by atoms with van der Waals surface area (Å²) >= 11 is 0. The summed E-state index contributed by atoms with van der Waals surface area (Å²) in [6.07, 6.45) is 6.85. The van der Waals surface area contributed by atoms with Crippen LogP contribution in [0.4, 0.5) is 11.4 Å². The van der Waals surface area contributed by atoms with Gasteiger partial charge in [-0.1, -0.05) is 37.1 Å². The van der Waals surface area contributed by atoms with E-state index in [1.165, 1.54) is 25.7 Å². The molecule has 1 aromatic heterocycles. The Kier molecular flexibility index (Phi) is 4.18. The third kappa shape index (κ3) is 3.00. The molecular formula is C21H23N3O. The quantitative estimate of drug-likeness (QED) is 0.692. The molecule has 2 aromatic carbocycles. The highest BCUT2D eigenvalue weighted by molar-refractivity contribution is 5.96. The highest BCUT2D eigenvalue weighted by Gasteiger charge is 2.14. The molecule has 1 aliphatic rings. The number of nitrogens with two attached hydrogens (primary N) is 1. The van der Waals surface area contributed by atoms with Crippen LogP contribution in [-0.4, -0.2) is 18.1 Å². The highest BCUT2D eigenvalue weighted by Crippen LogP contribution is 2.33. The first-order valence-corrected chi connectivity index (χ1v) is 8.99. The van der Waals surface area contributed by atoms with Crippen molar-refractivity contribution in [2.45, 2.75) is 25.7 Å².